The van der Waals surface area contributed by atoms with Gasteiger partial charge in [0.2, 0.25) is 5.91 Å². The van der Waals surface area contributed by atoms with Gasteiger partial charge in [-0.15, -0.1) is 0 Å². The molecule has 25 heavy (non-hydrogen) atoms. The van der Waals surface area contributed by atoms with Crippen LogP contribution in [0.2, 0.25) is 0 Å². The van der Waals surface area contributed by atoms with Gasteiger partial charge in [0.05, 0.1) is 17.4 Å². The number of likely N-dealkylation sites (tertiary alicyclic amines) is 1. The highest BCUT2D eigenvalue weighted by Gasteiger charge is 2.57. The fraction of sp³-hybridized carbons (Fsp3) is 0.600. The molecule has 1 saturated carbocycles. The van der Waals surface area contributed by atoms with Crippen LogP contribution < -0.4 is 0 Å². The van der Waals surface area contributed by atoms with Crippen molar-refractivity contribution >= 4 is 11.9 Å². The van der Waals surface area contributed by atoms with Crippen molar-refractivity contribution in [2.24, 2.45) is 16.7 Å². The molecule has 5 nitrogen and oxygen atoms in total. The molecule has 1 N–H and O–H groups in total. The molecule has 3 aliphatic rings. The molecule has 134 valence electrons. The van der Waals surface area contributed by atoms with Crippen LogP contribution in [0.5, 0.6) is 0 Å². The highest BCUT2D eigenvalue weighted by Crippen LogP contribution is 2.49. The van der Waals surface area contributed by atoms with Gasteiger partial charge in [-0.1, -0.05) is 36.8 Å². The van der Waals surface area contributed by atoms with Crippen molar-refractivity contribution in [3.63, 3.8) is 0 Å². The van der Waals surface area contributed by atoms with Crippen molar-refractivity contribution in [1.82, 2.24) is 4.90 Å². The Kier molecular flexibility index (Phi) is 4.07. The second-order valence-electron chi connectivity index (χ2n) is 7.97. The Morgan fingerprint density at radius 3 is 2.56 bits per heavy atom. The van der Waals surface area contributed by atoms with Gasteiger partial charge in [0.15, 0.2) is 0 Å². The Labute approximate surface area is 148 Å². The molecular weight excluding hydrogens is 318 g/mol. The highest BCUT2D eigenvalue weighted by atomic mass is 16.5. The molecule has 2 saturated heterocycles. The number of rotatable bonds is 4. The first-order valence-corrected chi connectivity index (χ1v) is 9.20. The molecule has 1 aromatic carbocycles. The standard InChI is InChI=1S/C20H25NO4/c22-17(19(7-4-8-19)11-15-5-2-1-3-6-15)21-12-16-13-25-10-9-20(16,14-21)18(23)24/h1-3,5-6,16H,4,7-14H2,(H,23,24)/t16-,20+/m0/s1. The number of carbonyl (C=O) groups is 2. The van der Waals surface area contributed by atoms with Crippen LogP contribution in [0.25, 0.3) is 0 Å². The van der Waals surface area contributed by atoms with Crippen LogP contribution in [0.3, 0.4) is 0 Å². The lowest BCUT2D eigenvalue weighted by molar-refractivity contribution is -0.158. The van der Waals surface area contributed by atoms with Gasteiger partial charge >= 0.3 is 5.97 Å². The maximum absolute atomic E-state index is 13.4. The lowest BCUT2D eigenvalue weighted by Crippen LogP contribution is -2.49. The Balaban J connectivity index is 1.55. The maximum Gasteiger partial charge on any atom is 0.311 e. The number of aliphatic carboxylic acids is 1. The Morgan fingerprint density at radius 1 is 1.20 bits per heavy atom. The molecule has 0 bridgehead atoms. The zero-order valence-electron chi connectivity index (χ0n) is 14.4. The van der Waals surface area contributed by atoms with Crippen molar-refractivity contribution in [1.29, 1.82) is 0 Å². The number of hydrogen-bond donors (Lipinski definition) is 1. The van der Waals surface area contributed by atoms with Gasteiger partial charge in [0.1, 0.15) is 0 Å². The maximum atomic E-state index is 13.4. The van der Waals surface area contributed by atoms with E-state index in [4.69, 9.17) is 4.74 Å². The summed E-state index contributed by atoms with van der Waals surface area (Å²) >= 11 is 0. The first kappa shape index (κ1) is 16.6. The normalized spacial score (nSPS) is 30.4. The predicted octanol–water partition coefficient (Wildman–Crippen LogP) is 2.35. The molecule has 2 atom stereocenters. The summed E-state index contributed by atoms with van der Waals surface area (Å²) in [4.78, 5) is 27.1. The minimum atomic E-state index is -0.814. The van der Waals surface area contributed by atoms with Gasteiger partial charge in [0, 0.05) is 25.6 Å². The molecule has 0 spiro atoms. The zero-order valence-corrected chi connectivity index (χ0v) is 14.4. The van der Waals surface area contributed by atoms with Crippen LogP contribution in [0, 0.1) is 16.7 Å². The number of amides is 1. The van der Waals surface area contributed by atoms with E-state index in [1.54, 1.807) is 0 Å². The molecule has 4 rings (SSSR count). The van der Waals surface area contributed by atoms with Gasteiger partial charge in [-0.3, -0.25) is 9.59 Å². The topological polar surface area (TPSA) is 66.8 Å². The van der Waals surface area contributed by atoms with E-state index in [9.17, 15) is 14.7 Å². The summed E-state index contributed by atoms with van der Waals surface area (Å²) in [7, 11) is 0. The summed E-state index contributed by atoms with van der Waals surface area (Å²) in [5.74, 6) is -0.712. The fourth-order valence-corrected chi connectivity index (χ4v) is 4.85. The van der Waals surface area contributed by atoms with E-state index in [1.807, 2.05) is 23.1 Å². The molecule has 0 unspecified atom stereocenters. The number of fused-ring (bicyclic) bond motifs is 1. The zero-order chi connectivity index (χ0) is 17.5. The van der Waals surface area contributed by atoms with E-state index in [0.29, 0.717) is 32.7 Å². The number of carbonyl (C=O) groups excluding carboxylic acids is 1. The molecule has 2 heterocycles. The number of carboxylic acid groups (broad SMARTS) is 1. The second-order valence-corrected chi connectivity index (χ2v) is 7.97. The third-order valence-electron chi connectivity index (χ3n) is 6.57. The monoisotopic (exact) mass is 343 g/mol. The van der Waals surface area contributed by atoms with Crippen LogP contribution in [-0.4, -0.2) is 48.2 Å². The second kappa shape index (κ2) is 6.13. The molecule has 3 fully saturated rings. The van der Waals surface area contributed by atoms with E-state index < -0.39 is 11.4 Å². The molecule has 0 radical (unpaired) electrons. The van der Waals surface area contributed by atoms with Gasteiger partial charge in [-0.2, -0.15) is 0 Å². The van der Waals surface area contributed by atoms with Gasteiger partial charge in [-0.25, -0.2) is 0 Å². The Hall–Kier alpha value is -1.88. The fourth-order valence-electron chi connectivity index (χ4n) is 4.85. The van der Waals surface area contributed by atoms with Crippen molar-refractivity contribution in [3.05, 3.63) is 35.9 Å². The van der Waals surface area contributed by atoms with Crippen LogP contribution in [0.4, 0.5) is 0 Å². The number of carboxylic acids is 1. The van der Waals surface area contributed by atoms with Gasteiger partial charge in [0.25, 0.3) is 0 Å². The minimum absolute atomic E-state index is 0.0865. The molecular formula is C20H25NO4. The highest BCUT2D eigenvalue weighted by molar-refractivity contribution is 5.86. The summed E-state index contributed by atoms with van der Waals surface area (Å²) in [5, 5.41) is 9.81. The number of ether oxygens (including phenoxy) is 1. The summed E-state index contributed by atoms with van der Waals surface area (Å²) in [6.07, 6.45) is 4.13. The molecule has 1 aliphatic carbocycles. The summed E-state index contributed by atoms with van der Waals surface area (Å²) in [6, 6.07) is 10.1. The number of benzene rings is 1. The first-order chi connectivity index (χ1) is 12.1. The number of nitrogens with zero attached hydrogens (tertiary/aromatic N) is 1. The predicted molar refractivity (Wildman–Crippen MR) is 92.0 cm³/mol. The van der Waals surface area contributed by atoms with E-state index >= 15 is 0 Å². The molecule has 0 aromatic heterocycles. The third-order valence-corrected chi connectivity index (χ3v) is 6.57. The van der Waals surface area contributed by atoms with Gasteiger partial charge in [-0.05, 0) is 31.2 Å². The molecule has 1 amide bonds. The number of hydrogen-bond acceptors (Lipinski definition) is 3. The van der Waals surface area contributed by atoms with E-state index in [-0.39, 0.29) is 17.2 Å². The van der Waals surface area contributed by atoms with Crippen molar-refractivity contribution < 1.29 is 19.4 Å². The van der Waals surface area contributed by atoms with Crippen molar-refractivity contribution in [2.75, 3.05) is 26.3 Å². The van der Waals surface area contributed by atoms with E-state index in [2.05, 4.69) is 12.1 Å². The Bertz CT molecular complexity index is 670. The molecule has 2 aliphatic heterocycles. The van der Waals surface area contributed by atoms with Gasteiger partial charge < -0.3 is 14.7 Å². The third kappa shape index (κ3) is 2.65. The van der Waals surface area contributed by atoms with E-state index in [1.165, 1.54) is 5.56 Å². The van der Waals surface area contributed by atoms with Crippen LogP contribution in [0.15, 0.2) is 30.3 Å². The van der Waals surface area contributed by atoms with Crippen LogP contribution >= 0.6 is 0 Å². The lowest BCUT2D eigenvalue weighted by atomic mass is 9.64. The summed E-state index contributed by atoms with van der Waals surface area (Å²) < 4.78 is 5.51. The minimum Gasteiger partial charge on any atom is -0.481 e. The van der Waals surface area contributed by atoms with Crippen LogP contribution in [0.1, 0.15) is 31.2 Å². The molecule has 1 aromatic rings. The lowest BCUT2D eigenvalue weighted by Gasteiger charge is -2.43. The van der Waals surface area contributed by atoms with Crippen LogP contribution in [-0.2, 0) is 20.7 Å². The van der Waals surface area contributed by atoms with Crippen molar-refractivity contribution in [3.8, 4) is 0 Å². The first-order valence-electron chi connectivity index (χ1n) is 9.20. The quantitative estimate of drug-likeness (QED) is 0.911. The summed E-state index contributed by atoms with van der Waals surface area (Å²) in [5.41, 5.74) is 0.0320. The SMILES string of the molecule is O=C(N1C[C@H]2COCC[C@@]2(C(=O)O)C1)C1(Cc2ccccc2)CCC1. The smallest absolute Gasteiger partial charge is 0.311 e. The summed E-state index contributed by atoms with van der Waals surface area (Å²) in [6.45, 7) is 1.77. The largest absolute Gasteiger partial charge is 0.481 e. The molecule has 5 heteroatoms. The Morgan fingerprint density at radius 2 is 1.96 bits per heavy atom. The van der Waals surface area contributed by atoms with E-state index in [0.717, 1.165) is 25.7 Å². The average Bonchev–Trinajstić information content (AvgIpc) is 2.99. The van der Waals surface area contributed by atoms with Crippen molar-refractivity contribution in [2.45, 2.75) is 32.1 Å². The average molecular weight is 343 g/mol.